The summed E-state index contributed by atoms with van der Waals surface area (Å²) in [6, 6.07) is 1.70. The van der Waals surface area contributed by atoms with Gasteiger partial charge in [0.25, 0.3) is 5.95 Å². The summed E-state index contributed by atoms with van der Waals surface area (Å²) in [5, 5.41) is 3.00. The van der Waals surface area contributed by atoms with Gasteiger partial charge >= 0.3 is 0 Å². The van der Waals surface area contributed by atoms with Gasteiger partial charge in [0.1, 0.15) is 11.7 Å². The molecule has 0 saturated carbocycles. The van der Waals surface area contributed by atoms with Crippen molar-refractivity contribution in [3.63, 3.8) is 0 Å². The average molecular weight is 509 g/mol. The molecule has 1 aliphatic heterocycles. The third-order valence-corrected chi connectivity index (χ3v) is 6.72. The Kier molecular flexibility index (Phi) is 8.48. The number of morpholine rings is 1. The zero-order valence-corrected chi connectivity index (χ0v) is 20.5. The number of hydrogen-bond acceptors (Lipinski definition) is 11. The second-order valence-corrected chi connectivity index (χ2v) is 10.2. The van der Waals surface area contributed by atoms with Gasteiger partial charge in [-0.05, 0) is 25.1 Å². The molecule has 1 unspecified atom stereocenters. The lowest BCUT2D eigenvalue weighted by molar-refractivity contribution is 0.122. The first-order chi connectivity index (χ1) is 16.5. The number of hydrogen-bond donors (Lipinski definition) is 3. The molecule has 190 valence electrons. The van der Waals surface area contributed by atoms with Gasteiger partial charge < -0.3 is 26.4 Å². The number of nitrogens with two attached hydrogens (primary N) is 2. The summed E-state index contributed by atoms with van der Waals surface area (Å²) in [5.41, 5.74) is 12.3. The maximum atomic E-state index is 13.5. The molecule has 2 aromatic rings. The van der Waals surface area contributed by atoms with Gasteiger partial charge in [0.2, 0.25) is 21.9 Å². The highest BCUT2D eigenvalue weighted by molar-refractivity contribution is 7.89. The number of pyridine rings is 1. The highest BCUT2D eigenvalue weighted by Crippen LogP contribution is 2.23. The van der Waals surface area contributed by atoms with Crippen molar-refractivity contribution in [1.29, 1.82) is 0 Å². The van der Waals surface area contributed by atoms with Crippen LogP contribution in [-0.2, 0) is 14.8 Å². The van der Waals surface area contributed by atoms with Crippen molar-refractivity contribution in [1.82, 2.24) is 24.2 Å². The standard InChI is InChI=1S/C20H29FN10O3S/c1-13(22)10-17(23)26-19-27-18(28-20(29-19)31-6-8-34-9-7-31)25-16(12-35(32,33)30(2)3)15-5-4-14(21)11-24-15/h4-5,10-11,16H,6-9,12,22H2,1-3H3,(H3,23,25,26,27,28,29)/b13-10-. The van der Waals surface area contributed by atoms with Crippen LogP contribution in [0.1, 0.15) is 18.7 Å². The van der Waals surface area contributed by atoms with Crippen molar-refractivity contribution in [2.24, 2.45) is 16.5 Å². The molecule has 0 aromatic carbocycles. The highest BCUT2D eigenvalue weighted by atomic mass is 32.2. The van der Waals surface area contributed by atoms with Crippen LogP contribution in [-0.4, -0.2) is 84.6 Å². The molecule has 0 aliphatic carbocycles. The molecule has 0 radical (unpaired) electrons. The Labute approximate surface area is 203 Å². The van der Waals surface area contributed by atoms with Crippen molar-refractivity contribution in [2.45, 2.75) is 13.0 Å². The van der Waals surface area contributed by atoms with E-state index in [1.165, 1.54) is 32.3 Å². The highest BCUT2D eigenvalue weighted by Gasteiger charge is 2.26. The van der Waals surface area contributed by atoms with E-state index in [1.807, 2.05) is 4.90 Å². The van der Waals surface area contributed by atoms with Gasteiger partial charge in [-0.25, -0.2) is 17.1 Å². The number of halogens is 1. The molecule has 13 nitrogen and oxygen atoms in total. The number of ether oxygens (including phenoxy) is 1. The van der Waals surface area contributed by atoms with Gasteiger partial charge in [-0.3, -0.25) is 4.98 Å². The number of aromatic nitrogens is 4. The topological polar surface area (TPSA) is 178 Å². The molecule has 0 spiro atoms. The molecular formula is C20H29FN10O3S. The summed E-state index contributed by atoms with van der Waals surface area (Å²) >= 11 is 0. The third kappa shape index (κ3) is 7.53. The molecule has 3 rings (SSSR count). The van der Waals surface area contributed by atoms with Crippen LogP contribution in [0.25, 0.3) is 0 Å². The molecule has 2 aromatic heterocycles. The van der Waals surface area contributed by atoms with Crippen LogP contribution >= 0.6 is 0 Å². The first kappa shape index (κ1) is 26.2. The summed E-state index contributed by atoms with van der Waals surface area (Å²) in [7, 11) is -0.833. The van der Waals surface area contributed by atoms with Crippen LogP contribution in [0.5, 0.6) is 0 Å². The Morgan fingerprint density at radius 3 is 2.60 bits per heavy atom. The second kappa shape index (κ2) is 11.3. The van der Waals surface area contributed by atoms with E-state index < -0.39 is 21.9 Å². The van der Waals surface area contributed by atoms with Gasteiger partial charge in [-0.2, -0.15) is 19.9 Å². The minimum Gasteiger partial charge on any atom is -0.402 e. The monoisotopic (exact) mass is 508 g/mol. The Balaban J connectivity index is 2.03. The van der Waals surface area contributed by atoms with Gasteiger partial charge in [-0.15, -0.1) is 0 Å². The van der Waals surface area contributed by atoms with E-state index in [9.17, 15) is 12.8 Å². The van der Waals surface area contributed by atoms with Crippen molar-refractivity contribution in [3.8, 4) is 0 Å². The van der Waals surface area contributed by atoms with Gasteiger partial charge in [0, 0.05) is 32.9 Å². The number of nitrogens with one attached hydrogen (secondary N) is 1. The quantitative estimate of drug-likeness (QED) is 0.310. The predicted octanol–water partition coefficient (Wildman–Crippen LogP) is 0.138. The Hall–Kier alpha value is -3.43. The fourth-order valence-electron chi connectivity index (χ4n) is 3.06. The Morgan fingerprint density at radius 2 is 2.00 bits per heavy atom. The van der Waals surface area contributed by atoms with E-state index in [-0.39, 0.29) is 29.2 Å². The number of allylic oxidation sites excluding steroid dienone is 1. The summed E-state index contributed by atoms with van der Waals surface area (Å²) in [6.45, 7) is 3.73. The van der Waals surface area contributed by atoms with Crippen molar-refractivity contribution in [2.75, 3.05) is 56.4 Å². The van der Waals surface area contributed by atoms with Gasteiger partial charge in [0.05, 0.1) is 36.9 Å². The molecule has 35 heavy (non-hydrogen) atoms. The van der Waals surface area contributed by atoms with Gasteiger partial charge in [-0.1, -0.05) is 0 Å². The van der Waals surface area contributed by atoms with Crippen LogP contribution in [0.3, 0.4) is 0 Å². The molecule has 5 N–H and O–H groups in total. The summed E-state index contributed by atoms with van der Waals surface area (Å²) in [4.78, 5) is 23.3. The fourth-order valence-corrected chi connectivity index (χ4v) is 4.04. The number of rotatable bonds is 9. The Bertz CT molecular complexity index is 1180. The van der Waals surface area contributed by atoms with Crippen molar-refractivity contribution >= 4 is 33.7 Å². The molecular weight excluding hydrogens is 479 g/mol. The molecule has 1 aliphatic rings. The minimum absolute atomic E-state index is 0.000254. The number of anilines is 2. The lowest BCUT2D eigenvalue weighted by Gasteiger charge is -2.27. The van der Waals surface area contributed by atoms with E-state index in [4.69, 9.17) is 16.2 Å². The first-order valence-electron chi connectivity index (χ1n) is 10.7. The van der Waals surface area contributed by atoms with E-state index in [0.29, 0.717) is 37.9 Å². The fraction of sp³-hybridized carbons (Fsp3) is 0.450. The first-order valence-corrected chi connectivity index (χ1v) is 12.3. The van der Waals surface area contributed by atoms with Crippen LogP contribution in [0, 0.1) is 5.82 Å². The van der Waals surface area contributed by atoms with E-state index >= 15 is 0 Å². The second-order valence-electron chi connectivity index (χ2n) is 7.94. The lowest BCUT2D eigenvalue weighted by Crippen LogP contribution is -2.37. The lowest BCUT2D eigenvalue weighted by atomic mass is 10.2. The van der Waals surface area contributed by atoms with E-state index in [2.05, 4.69) is 30.2 Å². The largest absolute Gasteiger partial charge is 0.402 e. The summed E-state index contributed by atoms with van der Waals surface area (Å²) in [6.07, 6.45) is 2.47. The smallest absolute Gasteiger partial charge is 0.257 e. The molecule has 0 bridgehead atoms. The van der Waals surface area contributed by atoms with Crippen LogP contribution in [0.2, 0.25) is 0 Å². The SMILES string of the molecule is C/C(N)=C/C(N)=N\c1nc(NC(CS(=O)(=O)N(C)C)c2ccc(F)cn2)nc(N2CCOCC2)n1. The summed E-state index contributed by atoms with van der Waals surface area (Å²) in [5.74, 6) is -0.485. The third-order valence-electron chi connectivity index (χ3n) is 4.85. The number of amidine groups is 1. The summed E-state index contributed by atoms with van der Waals surface area (Å²) < 4.78 is 45.3. The van der Waals surface area contributed by atoms with Crippen molar-refractivity contribution < 1.29 is 17.5 Å². The van der Waals surface area contributed by atoms with Crippen molar-refractivity contribution in [3.05, 3.63) is 41.6 Å². The molecule has 3 heterocycles. The average Bonchev–Trinajstić information content (AvgIpc) is 2.78. The maximum Gasteiger partial charge on any atom is 0.257 e. The Morgan fingerprint density at radius 1 is 1.29 bits per heavy atom. The zero-order chi connectivity index (χ0) is 25.6. The molecule has 0 amide bonds. The van der Waals surface area contributed by atoms with E-state index in [1.54, 1.807) is 6.92 Å². The van der Waals surface area contributed by atoms with E-state index in [0.717, 1.165) is 10.5 Å². The zero-order valence-electron chi connectivity index (χ0n) is 19.7. The number of sulfonamides is 1. The maximum absolute atomic E-state index is 13.5. The molecule has 1 atom stereocenters. The number of nitrogens with zero attached hydrogens (tertiary/aromatic N) is 7. The number of aliphatic imine (C=N–C) groups is 1. The minimum atomic E-state index is -3.68. The molecule has 15 heteroatoms. The predicted molar refractivity (Wildman–Crippen MR) is 130 cm³/mol. The van der Waals surface area contributed by atoms with Gasteiger partial charge in [0.15, 0.2) is 0 Å². The molecule has 1 saturated heterocycles. The van der Waals surface area contributed by atoms with Crippen LogP contribution in [0.15, 0.2) is 35.1 Å². The molecule has 1 fully saturated rings. The van der Waals surface area contributed by atoms with Crippen LogP contribution in [0.4, 0.5) is 22.2 Å². The normalized spacial score (nSPS) is 16.4. The van der Waals surface area contributed by atoms with Crippen LogP contribution < -0.4 is 21.7 Å².